The topological polar surface area (TPSA) is 91.4 Å². The van der Waals surface area contributed by atoms with Gasteiger partial charge in [-0.15, -0.1) is 0 Å². The molecule has 0 spiro atoms. The number of aromatic nitrogens is 2. The molecule has 2 heterocycles. The van der Waals surface area contributed by atoms with E-state index >= 15 is 0 Å². The largest absolute Gasteiger partial charge is 0.504 e. The standard InChI is InChI=1S/C12H13N3O3S/c16-9-2-1-7(5-10(9)17)11-14-12(18-15-11)8-6-19-4-3-13-8/h1-2,5,8,13,16-17H,3-4,6H2. The Bertz CT molecular complexity index is 581. The minimum Gasteiger partial charge on any atom is -0.504 e. The average Bonchev–Trinajstić information content (AvgIpc) is 2.93. The van der Waals surface area contributed by atoms with Crippen LogP contribution in [0.15, 0.2) is 22.7 Å². The summed E-state index contributed by atoms with van der Waals surface area (Å²) in [5.74, 6) is 2.58. The van der Waals surface area contributed by atoms with Gasteiger partial charge >= 0.3 is 0 Å². The van der Waals surface area contributed by atoms with Gasteiger partial charge in [0.05, 0.1) is 6.04 Å². The zero-order valence-electron chi connectivity index (χ0n) is 10.0. The van der Waals surface area contributed by atoms with Gasteiger partial charge in [0.25, 0.3) is 0 Å². The van der Waals surface area contributed by atoms with Gasteiger partial charge in [0.15, 0.2) is 11.5 Å². The number of phenolic OH excluding ortho intramolecular Hbond substituents is 2. The average molecular weight is 279 g/mol. The molecule has 1 fully saturated rings. The number of phenols is 2. The van der Waals surface area contributed by atoms with E-state index in [1.54, 1.807) is 6.07 Å². The molecule has 1 saturated heterocycles. The third kappa shape index (κ3) is 2.52. The van der Waals surface area contributed by atoms with E-state index in [4.69, 9.17) is 4.52 Å². The summed E-state index contributed by atoms with van der Waals surface area (Å²) in [4.78, 5) is 4.33. The second-order valence-corrected chi connectivity index (χ2v) is 5.39. The van der Waals surface area contributed by atoms with Crippen LogP contribution in [0.1, 0.15) is 11.9 Å². The van der Waals surface area contributed by atoms with Gasteiger partial charge in [0.1, 0.15) is 0 Å². The predicted molar refractivity (Wildman–Crippen MR) is 71.1 cm³/mol. The lowest BCUT2D eigenvalue weighted by atomic mass is 10.2. The number of benzene rings is 1. The van der Waals surface area contributed by atoms with Crippen LogP contribution in [0, 0.1) is 0 Å². The maximum Gasteiger partial charge on any atom is 0.244 e. The van der Waals surface area contributed by atoms with E-state index in [1.165, 1.54) is 12.1 Å². The van der Waals surface area contributed by atoms with Crippen LogP contribution < -0.4 is 5.32 Å². The van der Waals surface area contributed by atoms with Crippen LogP contribution in [0.4, 0.5) is 0 Å². The lowest BCUT2D eigenvalue weighted by Gasteiger charge is -2.19. The quantitative estimate of drug-likeness (QED) is 0.718. The Morgan fingerprint density at radius 1 is 1.32 bits per heavy atom. The van der Waals surface area contributed by atoms with Gasteiger partial charge in [-0.3, -0.25) is 0 Å². The summed E-state index contributed by atoms with van der Waals surface area (Å²) in [6.07, 6.45) is 0. The molecule has 3 rings (SSSR count). The van der Waals surface area contributed by atoms with Crippen molar-refractivity contribution in [2.24, 2.45) is 0 Å². The van der Waals surface area contributed by atoms with Gasteiger partial charge in [0.2, 0.25) is 11.7 Å². The zero-order chi connectivity index (χ0) is 13.2. The molecule has 0 amide bonds. The van der Waals surface area contributed by atoms with Crippen molar-refractivity contribution < 1.29 is 14.7 Å². The predicted octanol–water partition coefficient (Wildman–Crippen LogP) is 1.53. The summed E-state index contributed by atoms with van der Waals surface area (Å²) in [5, 5.41) is 26.0. The molecule has 0 saturated carbocycles. The fourth-order valence-electron chi connectivity index (χ4n) is 1.88. The molecule has 1 aliphatic rings. The Morgan fingerprint density at radius 2 is 2.21 bits per heavy atom. The molecule has 0 aliphatic carbocycles. The first-order chi connectivity index (χ1) is 9.24. The third-order valence-corrected chi connectivity index (χ3v) is 3.96. The number of hydrogen-bond donors (Lipinski definition) is 3. The van der Waals surface area contributed by atoms with Crippen molar-refractivity contribution in [1.29, 1.82) is 0 Å². The first-order valence-electron chi connectivity index (χ1n) is 5.91. The Kier molecular flexibility index (Phi) is 3.31. The van der Waals surface area contributed by atoms with Crippen LogP contribution in [0.5, 0.6) is 11.5 Å². The molecule has 7 heteroatoms. The number of aromatic hydroxyl groups is 2. The molecule has 1 aliphatic heterocycles. The Morgan fingerprint density at radius 3 is 2.95 bits per heavy atom. The summed E-state index contributed by atoms with van der Waals surface area (Å²) in [5.41, 5.74) is 0.605. The Balaban J connectivity index is 1.85. The third-order valence-electron chi connectivity index (χ3n) is 2.90. The first-order valence-corrected chi connectivity index (χ1v) is 7.06. The molecule has 1 unspecified atom stereocenters. The Hall–Kier alpha value is -1.73. The van der Waals surface area contributed by atoms with Crippen molar-refractivity contribution >= 4 is 11.8 Å². The van der Waals surface area contributed by atoms with E-state index in [1.807, 2.05) is 11.8 Å². The SMILES string of the molecule is Oc1ccc(-c2noc(C3CSCCN3)n2)cc1O. The van der Waals surface area contributed by atoms with Crippen molar-refractivity contribution in [3.63, 3.8) is 0 Å². The molecular weight excluding hydrogens is 266 g/mol. The highest BCUT2D eigenvalue weighted by Gasteiger charge is 2.21. The fraction of sp³-hybridized carbons (Fsp3) is 0.333. The zero-order valence-corrected chi connectivity index (χ0v) is 10.9. The van der Waals surface area contributed by atoms with Crippen molar-refractivity contribution in [3.05, 3.63) is 24.1 Å². The molecule has 3 N–H and O–H groups in total. The minimum absolute atomic E-state index is 0.0747. The van der Waals surface area contributed by atoms with Crippen molar-refractivity contribution in [2.45, 2.75) is 6.04 Å². The molecule has 19 heavy (non-hydrogen) atoms. The van der Waals surface area contributed by atoms with Gasteiger partial charge in [-0.1, -0.05) is 5.16 Å². The second kappa shape index (κ2) is 5.10. The van der Waals surface area contributed by atoms with E-state index in [0.29, 0.717) is 17.3 Å². The molecular formula is C12H13N3O3S. The van der Waals surface area contributed by atoms with Gasteiger partial charge in [-0.2, -0.15) is 16.7 Å². The number of thioether (sulfide) groups is 1. The Labute approximate surface area is 113 Å². The first kappa shape index (κ1) is 12.3. The molecule has 6 nitrogen and oxygen atoms in total. The van der Waals surface area contributed by atoms with Gasteiger partial charge in [-0.05, 0) is 18.2 Å². The molecule has 0 bridgehead atoms. The molecule has 0 radical (unpaired) electrons. The van der Waals surface area contributed by atoms with Crippen LogP contribution in [-0.2, 0) is 0 Å². The highest BCUT2D eigenvalue weighted by Crippen LogP contribution is 2.30. The smallest absolute Gasteiger partial charge is 0.244 e. The monoisotopic (exact) mass is 279 g/mol. The van der Waals surface area contributed by atoms with Gasteiger partial charge < -0.3 is 20.1 Å². The maximum atomic E-state index is 9.47. The number of nitrogens with one attached hydrogen (secondary N) is 1. The molecule has 1 aromatic carbocycles. The maximum absolute atomic E-state index is 9.47. The van der Waals surface area contributed by atoms with Crippen LogP contribution in [0.3, 0.4) is 0 Å². The number of rotatable bonds is 2. The van der Waals surface area contributed by atoms with E-state index in [9.17, 15) is 10.2 Å². The highest BCUT2D eigenvalue weighted by atomic mass is 32.2. The summed E-state index contributed by atoms with van der Waals surface area (Å²) in [6.45, 7) is 0.924. The van der Waals surface area contributed by atoms with Crippen LogP contribution in [-0.4, -0.2) is 38.4 Å². The number of hydrogen-bond acceptors (Lipinski definition) is 7. The van der Waals surface area contributed by atoms with E-state index in [-0.39, 0.29) is 17.5 Å². The van der Waals surface area contributed by atoms with Crippen LogP contribution in [0.2, 0.25) is 0 Å². The second-order valence-electron chi connectivity index (χ2n) is 4.24. The van der Waals surface area contributed by atoms with Gasteiger partial charge in [0, 0.05) is 23.6 Å². The normalized spacial score (nSPS) is 19.5. The summed E-state index contributed by atoms with van der Waals surface area (Å²) < 4.78 is 5.25. The molecule has 1 aromatic heterocycles. The van der Waals surface area contributed by atoms with E-state index in [2.05, 4.69) is 15.5 Å². The lowest BCUT2D eigenvalue weighted by Crippen LogP contribution is -2.30. The summed E-state index contributed by atoms with van der Waals surface area (Å²) >= 11 is 1.84. The molecule has 2 aromatic rings. The molecule has 1 atom stereocenters. The highest BCUT2D eigenvalue weighted by molar-refractivity contribution is 7.99. The van der Waals surface area contributed by atoms with Crippen molar-refractivity contribution in [3.8, 4) is 22.9 Å². The van der Waals surface area contributed by atoms with Crippen LogP contribution in [0.25, 0.3) is 11.4 Å². The summed E-state index contributed by atoms with van der Waals surface area (Å²) in [6, 6.07) is 4.51. The fourth-order valence-corrected chi connectivity index (χ4v) is 2.81. The van der Waals surface area contributed by atoms with Crippen molar-refractivity contribution in [2.75, 3.05) is 18.1 Å². The van der Waals surface area contributed by atoms with E-state index < -0.39 is 0 Å². The van der Waals surface area contributed by atoms with Crippen LogP contribution >= 0.6 is 11.8 Å². The van der Waals surface area contributed by atoms with E-state index in [0.717, 1.165) is 18.1 Å². The van der Waals surface area contributed by atoms with Gasteiger partial charge in [-0.25, -0.2) is 0 Å². The lowest BCUT2D eigenvalue weighted by molar-refractivity contribution is 0.342. The molecule has 100 valence electrons. The summed E-state index contributed by atoms with van der Waals surface area (Å²) in [7, 11) is 0. The minimum atomic E-state index is -0.199. The van der Waals surface area contributed by atoms with Crippen molar-refractivity contribution in [1.82, 2.24) is 15.5 Å². The number of nitrogens with zero attached hydrogens (tertiary/aromatic N) is 2.